The van der Waals surface area contributed by atoms with E-state index in [-0.39, 0.29) is 0 Å². The highest BCUT2D eigenvalue weighted by Gasteiger charge is 2.30. The molecule has 18 heavy (non-hydrogen) atoms. The summed E-state index contributed by atoms with van der Waals surface area (Å²) < 4.78 is 0. The average Bonchev–Trinajstić information content (AvgIpc) is 3.07. The molecule has 3 nitrogen and oxygen atoms in total. The van der Waals surface area contributed by atoms with Crippen molar-refractivity contribution in [1.29, 1.82) is 0 Å². The molecule has 96 valence electrons. The predicted octanol–water partition coefficient (Wildman–Crippen LogP) is 3.58. The van der Waals surface area contributed by atoms with Crippen LogP contribution in [0, 0.1) is 5.92 Å². The molecule has 0 spiro atoms. The third-order valence-corrected chi connectivity index (χ3v) is 4.81. The van der Waals surface area contributed by atoms with Crippen molar-refractivity contribution in [3.8, 4) is 0 Å². The maximum atomic E-state index is 6.18. The van der Waals surface area contributed by atoms with Crippen LogP contribution in [-0.2, 0) is 6.54 Å². The van der Waals surface area contributed by atoms with E-state index in [1.54, 1.807) is 11.3 Å². The lowest BCUT2D eigenvalue weighted by Crippen LogP contribution is -2.30. The highest BCUT2D eigenvalue weighted by molar-refractivity contribution is 7.16. The van der Waals surface area contributed by atoms with Crippen LogP contribution in [0.2, 0.25) is 5.15 Å². The molecule has 1 aliphatic carbocycles. The van der Waals surface area contributed by atoms with Crippen molar-refractivity contribution in [1.82, 2.24) is 14.9 Å². The molecule has 1 atom stereocenters. The Balaban J connectivity index is 1.81. The summed E-state index contributed by atoms with van der Waals surface area (Å²) in [4.78, 5) is 12.3. The van der Waals surface area contributed by atoms with Gasteiger partial charge in [0.05, 0.1) is 6.54 Å². The highest BCUT2D eigenvalue weighted by Crippen LogP contribution is 2.35. The molecule has 3 rings (SSSR count). The second-order valence-electron chi connectivity index (χ2n) is 5.06. The molecule has 1 fully saturated rings. The Morgan fingerprint density at radius 1 is 1.50 bits per heavy atom. The standard InChI is InChI=1S/C13H16ClN3S/c1-8(9-3-4-9)17(2)7-11-15-12(14)10-5-6-18-13(10)16-11/h5-6,8-9H,3-4,7H2,1-2H3. The molecule has 0 N–H and O–H groups in total. The van der Waals surface area contributed by atoms with E-state index in [0.717, 1.165) is 28.5 Å². The summed E-state index contributed by atoms with van der Waals surface area (Å²) in [7, 11) is 2.14. The fourth-order valence-corrected chi connectivity index (χ4v) is 3.33. The smallest absolute Gasteiger partial charge is 0.145 e. The highest BCUT2D eigenvalue weighted by atomic mass is 35.5. The molecular weight excluding hydrogens is 266 g/mol. The van der Waals surface area contributed by atoms with Crippen LogP contribution in [0.15, 0.2) is 11.4 Å². The second-order valence-corrected chi connectivity index (χ2v) is 6.32. The van der Waals surface area contributed by atoms with Crippen molar-refractivity contribution in [2.75, 3.05) is 7.05 Å². The van der Waals surface area contributed by atoms with E-state index >= 15 is 0 Å². The molecule has 0 saturated heterocycles. The number of thiophene rings is 1. The van der Waals surface area contributed by atoms with E-state index in [9.17, 15) is 0 Å². The molecule has 0 aliphatic heterocycles. The van der Waals surface area contributed by atoms with Crippen LogP contribution in [0.5, 0.6) is 0 Å². The van der Waals surface area contributed by atoms with Gasteiger partial charge in [0.25, 0.3) is 0 Å². The van der Waals surface area contributed by atoms with Crippen molar-refractivity contribution in [2.24, 2.45) is 5.92 Å². The van der Waals surface area contributed by atoms with Crippen molar-refractivity contribution in [2.45, 2.75) is 32.4 Å². The molecule has 0 radical (unpaired) electrons. The SMILES string of the molecule is CC(C1CC1)N(C)Cc1nc(Cl)c2ccsc2n1. The van der Waals surface area contributed by atoms with Gasteiger partial charge in [-0.05, 0) is 44.2 Å². The lowest BCUT2D eigenvalue weighted by atomic mass is 10.2. The first-order valence-corrected chi connectivity index (χ1v) is 7.51. The fraction of sp³-hybridized carbons (Fsp3) is 0.538. The molecule has 2 heterocycles. The van der Waals surface area contributed by atoms with Crippen molar-refractivity contribution >= 4 is 33.2 Å². The minimum Gasteiger partial charge on any atom is -0.296 e. The van der Waals surface area contributed by atoms with Crippen LogP contribution < -0.4 is 0 Å². The minimum absolute atomic E-state index is 0.573. The molecule has 0 bridgehead atoms. The molecule has 0 aromatic carbocycles. The normalized spacial score (nSPS) is 17.6. The first-order valence-electron chi connectivity index (χ1n) is 6.25. The van der Waals surface area contributed by atoms with Crippen LogP contribution in [0.4, 0.5) is 0 Å². The summed E-state index contributed by atoms with van der Waals surface area (Å²) in [5, 5.41) is 3.54. The van der Waals surface area contributed by atoms with E-state index in [4.69, 9.17) is 11.6 Å². The molecule has 1 unspecified atom stereocenters. The van der Waals surface area contributed by atoms with Gasteiger partial charge < -0.3 is 0 Å². The summed E-state index contributed by atoms with van der Waals surface area (Å²) in [6.45, 7) is 3.05. The lowest BCUT2D eigenvalue weighted by Gasteiger charge is -2.23. The van der Waals surface area contributed by atoms with E-state index < -0.39 is 0 Å². The van der Waals surface area contributed by atoms with Gasteiger partial charge in [0.15, 0.2) is 0 Å². The maximum Gasteiger partial charge on any atom is 0.145 e. The van der Waals surface area contributed by atoms with Gasteiger partial charge in [-0.3, -0.25) is 4.90 Å². The molecule has 2 aromatic heterocycles. The van der Waals surface area contributed by atoms with Crippen molar-refractivity contribution < 1.29 is 0 Å². The lowest BCUT2D eigenvalue weighted by molar-refractivity contribution is 0.221. The van der Waals surface area contributed by atoms with Gasteiger partial charge in [0.2, 0.25) is 0 Å². The topological polar surface area (TPSA) is 29.0 Å². The number of halogens is 1. The maximum absolute atomic E-state index is 6.18. The van der Waals surface area contributed by atoms with E-state index in [1.165, 1.54) is 12.8 Å². The average molecular weight is 282 g/mol. The zero-order valence-electron chi connectivity index (χ0n) is 10.6. The number of nitrogens with zero attached hydrogens (tertiary/aromatic N) is 3. The molecule has 1 saturated carbocycles. The Morgan fingerprint density at radius 3 is 3.00 bits per heavy atom. The second kappa shape index (κ2) is 4.76. The minimum atomic E-state index is 0.573. The summed E-state index contributed by atoms with van der Waals surface area (Å²) in [6.07, 6.45) is 2.72. The molecule has 5 heteroatoms. The van der Waals surface area contributed by atoms with Gasteiger partial charge in [-0.1, -0.05) is 11.6 Å². The Hall–Kier alpha value is -0.710. The van der Waals surface area contributed by atoms with Gasteiger partial charge in [0, 0.05) is 11.4 Å². The molecule has 0 amide bonds. The summed E-state index contributed by atoms with van der Waals surface area (Å²) in [6, 6.07) is 2.58. The zero-order chi connectivity index (χ0) is 12.7. The number of hydrogen-bond donors (Lipinski definition) is 0. The Morgan fingerprint density at radius 2 is 2.28 bits per heavy atom. The van der Waals surface area contributed by atoms with Crippen LogP contribution in [0.3, 0.4) is 0 Å². The summed E-state index contributed by atoms with van der Waals surface area (Å²) in [5.74, 6) is 1.68. The van der Waals surface area contributed by atoms with Crippen molar-refractivity contribution in [3.63, 3.8) is 0 Å². The molecule has 1 aliphatic rings. The summed E-state index contributed by atoms with van der Waals surface area (Å²) >= 11 is 7.79. The monoisotopic (exact) mass is 281 g/mol. The van der Waals surface area contributed by atoms with Gasteiger partial charge in [-0.2, -0.15) is 0 Å². The van der Waals surface area contributed by atoms with E-state index in [0.29, 0.717) is 11.2 Å². The summed E-state index contributed by atoms with van der Waals surface area (Å²) in [5.41, 5.74) is 0. The number of hydrogen-bond acceptors (Lipinski definition) is 4. The van der Waals surface area contributed by atoms with Gasteiger partial charge in [0.1, 0.15) is 15.8 Å². The van der Waals surface area contributed by atoms with Crippen LogP contribution in [0.1, 0.15) is 25.6 Å². The van der Waals surface area contributed by atoms with Crippen LogP contribution in [0.25, 0.3) is 10.2 Å². The Kier molecular flexibility index (Phi) is 3.26. The predicted molar refractivity (Wildman–Crippen MR) is 76.1 cm³/mol. The van der Waals surface area contributed by atoms with Gasteiger partial charge in [-0.15, -0.1) is 11.3 Å². The number of fused-ring (bicyclic) bond motifs is 1. The van der Waals surface area contributed by atoms with Crippen LogP contribution in [-0.4, -0.2) is 28.0 Å². The molecular formula is C13H16ClN3S. The van der Waals surface area contributed by atoms with Crippen molar-refractivity contribution in [3.05, 3.63) is 22.4 Å². The Bertz CT molecular complexity index is 564. The zero-order valence-corrected chi connectivity index (χ0v) is 12.1. The molecule has 2 aromatic rings. The van der Waals surface area contributed by atoms with Gasteiger partial charge >= 0.3 is 0 Å². The number of aromatic nitrogens is 2. The van der Waals surface area contributed by atoms with E-state index in [2.05, 4.69) is 28.8 Å². The Labute approximate surface area is 116 Å². The largest absolute Gasteiger partial charge is 0.296 e. The first kappa shape index (κ1) is 12.3. The van der Waals surface area contributed by atoms with Crippen LogP contribution >= 0.6 is 22.9 Å². The third kappa shape index (κ3) is 2.37. The fourth-order valence-electron chi connectivity index (χ4n) is 2.24. The van der Waals surface area contributed by atoms with Gasteiger partial charge in [-0.25, -0.2) is 9.97 Å². The first-order chi connectivity index (χ1) is 8.65. The number of rotatable bonds is 4. The quantitative estimate of drug-likeness (QED) is 0.802. The van der Waals surface area contributed by atoms with E-state index in [1.807, 2.05) is 11.4 Å². The third-order valence-electron chi connectivity index (χ3n) is 3.72.